The van der Waals surface area contributed by atoms with Crippen LogP contribution in [0.3, 0.4) is 0 Å². The Balaban J connectivity index is 1.71. The highest BCUT2D eigenvalue weighted by atomic mass is 32.1. The average Bonchev–Trinajstić information content (AvgIpc) is 3.29. The van der Waals surface area contributed by atoms with Gasteiger partial charge in [-0.15, -0.1) is 11.3 Å². The third kappa shape index (κ3) is 4.20. The van der Waals surface area contributed by atoms with Crippen LogP contribution in [0.25, 0.3) is 27.6 Å². The fourth-order valence-corrected chi connectivity index (χ4v) is 3.74. The first-order valence-corrected chi connectivity index (χ1v) is 10.2. The Morgan fingerprint density at radius 1 is 1.21 bits per heavy atom. The topological polar surface area (TPSA) is 90.4 Å². The molecule has 0 aliphatic heterocycles. The lowest BCUT2D eigenvalue weighted by Crippen LogP contribution is -2.10. The largest absolute Gasteiger partial charge is 0.384 e. The molecule has 3 N–H and O–H groups in total. The van der Waals surface area contributed by atoms with Crippen molar-refractivity contribution in [2.45, 2.75) is 13.3 Å². The van der Waals surface area contributed by atoms with E-state index in [1.54, 1.807) is 18.2 Å². The molecule has 0 aliphatic rings. The van der Waals surface area contributed by atoms with E-state index in [0.717, 1.165) is 28.3 Å². The third-order valence-electron chi connectivity index (χ3n) is 4.32. The summed E-state index contributed by atoms with van der Waals surface area (Å²) >= 11 is 1.52. The van der Waals surface area contributed by atoms with Gasteiger partial charge in [-0.25, -0.2) is 14.4 Å². The molecule has 3 aromatic heterocycles. The third-order valence-corrected chi connectivity index (χ3v) is 5.08. The van der Waals surface area contributed by atoms with Gasteiger partial charge in [0.1, 0.15) is 17.3 Å². The summed E-state index contributed by atoms with van der Waals surface area (Å²) in [4.78, 5) is 14.5. The van der Waals surface area contributed by atoms with Gasteiger partial charge in [-0.2, -0.15) is 4.98 Å². The Labute approximate surface area is 171 Å². The molecule has 150 valence electrons. The summed E-state index contributed by atoms with van der Waals surface area (Å²) in [7, 11) is 0. The van der Waals surface area contributed by atoms with Crippen LogP contribution in [-0.2, 0) is 4.74 Å². The zero-order valence-corrected chi connectivity index (χ0v) is 16.7. The Bertz CT molecular complexity index is 1110. The minimum Gasteiger partial charge on any atom is -0.384 e. The minimum atomic E-state index is -0.291. The molecule has 29 heavy (non-hydrogen) atoms. The SMILES string of the molecule is CCOCCCNc1nc(N)cc(-c2c(-c3ccc(F)cc3)nc3sccn23)n1. The first-order valence-electron chi connectivity index (χ1n) is 9.33. The van der Waals surface area contributed by atoms with Gasteiger partial charge >= 0.3 is 0 Å². The van der Waals surface area contributed by atoms with E-state index in [1.165, 1.54) is 23.5 Å². The number of imidazole rings is 1. The Morgan fingerprint density at radius 2 is 2.03 bits per heavy atom. The Kier molecular flexibility index (Phi) is 5.68. The molecule has 7 nitrogen and oxygen atoms in total. The summed E-state index contributed by atoms with van der Waals surface area (Å²) in [5.41, 5.74) is 9.02. The van der Waals surface area contributed by atoms with Crippen LogP contribution in [-0.4, -0.2) is 39.1 Å². The molecule has 1 aromatic carbocycles. The number of fused-ring (bicyclic) bond motifs is 1. The lowest BCUT2D eigenvalue weighted by atomic mass is 10.1. The van der Waals surface area contributed by atoms with E-state index in [9.17, 15) is 4.39 Å². The zero-order chi connectivity index (χ0) is 20.2. The van der Waals surface area contributed by atoms with E-state index < -0.39 is 0 Å². The standard InChI is InChI=1S/C20H21FN6OS/c1-2-28-10-3-8-23-19-24-15(12-16(22)25-19)18-17(13-4-6-14(21)7-5-13)26-20-27(18)9-11-29-20/h4-7,9,11-12H,2-3,8,10H2,1H3,(H3,22,23,24,25). The maximum absolute atomic E-state index is 13.4. The number of nitrogens with zero attached hydrogens (tertiary/aromatic N) is 4. The summed E-state index contributed by atoms with van der Waals surface area (Å²) in [6.07, 6.45) is 2.77. The van der Waals surface area contributed by atoms with Crippen molar-refractivity contribution in [3.63, 3.8) is 0 Å². The fourth-order valence-electron chi connectivity index (χ4n) is 3.02. The highest BCUT2D eigenvalue weighted by molar-refractivity contribution is 7.15. The van der Waals surface area contributed by atoms with E-state index in [1.807, 2.05) is 22.9 Å². The van der Waals surface area contributed by atoms with Crippen molar-refractivity contribution >= 4 is 28.1 Å². The van der Waals surface area contributed by atoms with Gasteiger partial charge in [-0.1, -0.05) is 0 Å². The van der Waals surface area contributed by atoms with Gasteiger partial charge in [-0.05, 0) is 37.6 Å². The van der Waals surface area contributed by atoms with Crippen LogP contribution >= 0.6 is 11.3 Å². The van der Waals surface area contributed by atoms with E-state index >= 15 is 0 Å². The van der Waals surface area contributed by atoms with Crippen LogP contribution in [0.5, 0.6) is 0 Å². The second-order valence-corrected chi connectivity index (χ2v) is 7.22. The lowest BCUT2D eigenvalue weighted by molar-refractivity contribution is 0.147. The number of thiazole rings is 1. The lowest BCUT2D eigenvalue weighted by Gasteiger charge is -2.09. The molecule has 0 atom stereocenters. The monoisotopic (exact) mass is 412 g/mol. The number of benzene rings is 1. The predicted molar refractivity (Wildman–Crippen MR) is 114 cm³/mol. The van der Waals surface area contributed by atoms with E-state index in [0.29, 0.717) is 37.2 Å². The van der Waals surface area contributed by atoms with Crippen LogP contribution in [0.1, 0.15) is 13.3 Å². The summed E-state index contributed by atoms with van der Waals surface area (Å²) in [6, 6.07) is 7.99. The Morgan fingerprint density at radius 3 is 2.83 bits per heavy atom. The van der Waals surface area contributed by atoms with Crippen molar-refractivity contribution < 1.29 is 9.13 Å². The number of hydrogen-bond donors (Lipinski definition) is 2. The van der Waals surface area contributed by atoms with Crippen LogP contribution in [0.15, 0.2) is 41.9 Å². The van der Waals surface area contributed by atoms with Crippen molar-refractivity contribution in [1.29, 1.82) is 0 Å². The number of halogens is 1. The van der Waals surface area contributed by atoms with E-state index in [2.05, 4.69) is 15.3 Å². The number of ether oxygens (including phenoxy) is 1. The second-order valence-electron chi connectivity index (χ2n) is 6.35. The van der Waals surface area contributed by atoms with Crippen LogP contribution in [0.2, 0.25) is 0 Å². The second kappa shape index (κ2) is 8.54. The molecular formula is C20H21FN6OS. The van der Waals surface area contributed by atoms with Crippen LogP contribution in [0.4, 0.5) is 16.2 Å². The maximum Gasteiger partial charge on any atom is 0.225 e. The number of anilines is 2. The van der Waals surface area contributed by atoms with Gasteiger partial charge in [0.25, 0.3) is 0 Å². The summed E-state index contributed by atoms with van der Waals surface area (Å²) in [5.74, 6) is 0.519. The molecule has 3 heterocycles. The molecule has 0 saturated heterocycles. The molecule has 0 aliphatic carbocycles. The summed E-state index contributed by atoms with van der Waals surface area (Å²) in [5, 5.41) is 5.15. The van der Waals surface area contributed by atoms with Gasteiger partial charge in [0.15, 0.2) is 4.96 Å². The average molecular weight is 412 g/mol. The maximum atomic E-state index is 13.4. The molecule has 4 aromatic rings. The van der Waals surface area contributed by atoms with Crippen LogP contribution in [0, 0.1) is 5.82 Å². The quantitative estimate of drug-likeness (QED) is 0.424. The molecule has 0 unspecified atom stereocenters. The molecule has 0 amide bonds. The number of nitrogens with one attached hydrogen (secondary N) is 1. The molecule has 0 radical (unpaired) electrons. The van der Waals surface area contributed by atoms with Crippen molar-refractivity contribution in [2.24, 2.45) is 0 Å². The van der Waals surface area contributed by atoms with Crippen molar-refractivity contribution in [1.82, 2.24) is 19.4 Å². The number of hydrogen-bond acceptors (Lipinski definition) is 7. The molecule has 0 bridgehead atoms. The molecule has 9 heteroatoms. The molecular weight excluding hydrogens is 391 g/mol. The zero-order valence-electron chi connectivity index (χ0n) is 15.9. The van der Waals surface area contributed by atoms with Crippen molar-refractivity contribution in [2.75, 3.05) is 30.8 Å². The van der Waals surface area contributed by atoms with Gasteiger partial charge in [0.2, 0.25) is 5.95 Å². The first kappa shape index (κ1) is 19.3. The number of aromatic nitrogens is 4. The van der Waals surface area contributed by atoms with Crippen molar-refractivity contribution in [3.8, 4) is 22.6 Å². The molecule has 0 saturated carbocycles. The van der Waals surface area contributed by atoms with Gasteiger partial charge in [0.05, 0.1) is 11.4 Å². The van der Waals surface area contributed by atoms with Crippen molar-refractivity contribution in [3.05, 3.63) is 47.7 Å². The number of nitrogen functional groups attached to an aromatic ring is 1. The first-order chi connectivity index (χ1) is 14.2. The normalized spacial score (nSPS) is 11.2. The summed E-state index contributed by atoms with van der Waals surface area (Å²) in [6.45, 7) is 4.01. The van der Waals surface area contributed by atoms with Crippen LogP contribution < -0.4 is 11.1 Å². The van der Waals surface area contributed by atoms with E-state index in [4.69, 9.17) is 15.5 Å². The molecule has 0 spiro atoms. The predicted octanol–water partition coefficient (Wildman–Crippen LogP) is 4.08. The minimum absolute atomic E-state index is 0.291. The summed E-state index contributed by atoms with van der Waals surface area (Å²) < 4.78 is 20.7. The van der Waals surface area contributed by atoms with Gasteiger partial charge in [-0.3, -0.25) is 4.40 Å². The van der Waals surface area contributed by atoms with E-state index in [-0.39, 0.29) is 5.82 Å². The fraction of sp³-hybridized carbons (Fsp3) is 0.250. The Hall–Kier alpha value is -3.04. The molecule has 4 rings (SSSR count). The van der Waals surface area contributed by atoms with Gasteiger partial charge < -0.3 is 15.8 Å². The number of nitrogens with two attached hydrogens (primary N) is 1. The highest BCUT2D eigenvalue weighted by Gasteiger charge is 2.19. The number of rotatable bonds is 8. The highest BCUT2D eigenvalue weighted by Crippen LogP contribution is 2.34. The van der Waals surface area contributed by atoms with Gasteiger partial charge in [0, 0.05) is 43.0 Å². The smallest absolute Gasteiger partial charge is 0.225 e. The molecule has 0 fully saturated rings.